The fraction of sp³-hybridized carbons (Fsp3) is 0.931. The van der Waals surface area contributed by atoms with Crippen LogP contribution in [0.15, 0.2) is 0 Å². The van der Waals surface area contributed by atoms with E-state index in [2.05, 4.69) is 6.92 Å². The Morgan fingerprint density at radius 1 is 0.692 bits per heavy atom. The summed E-state index contributed by atoms with van der Waals surface area (Å²) in [5.74, 6) is -0.837. The number of phosphoric acid groups is 1. The number of rotatable bonds is 27. The van der Waals surface area contributed by atoms with Crippen molar-refractivity contribution in [2.24, 2.45) is 0 Å². The third-order valence-electron chi connectivity index (χ3n) is 6.39. The highest BCUT2D eigenvalue weighted by atomic mass is 31.2. The summed E-state index contributed by atoms with van der Waals surface area (Å²) >= 11 is 0. The number of phosphoric ester groups is 1. The van der Waals surface area contributed by atoms with Crippen LogP contribution in [0.3, 0.4) is 0 Å². The summed E-state index contributed by atoms with van der Waals surface area (Å²) in [6, 6.07) is 0. The van der Waals surface area contributed by atoms with Crippen molar-refractivity contribution in [3.8, 4) is 0 Å². The van der Waals surface area contributed by atoms with Crippen LogP contribution in [0.4, 0.5) is 0 Å². The van der Waals surface area contributed by atoms with Crippen molar-refractivity contribution in [1.82, 2.24) is 0 Å². The van der Waals surface area contributed by atoms with Crippen molar-refractivity contribution in [2.45, 2.75) is 129 Å². The summed E-state index contributed by atoms with van der Waals surface area (Å²) in [7, 11) is 1.48. The summed E-state index contributed by atoms with van der Waals surface area (Å²) < 4.78 is 33.5. The first-order chi connectivity index (χ1) is 18.5. The van der Waals surface area contributed by atoms with Gasteiger partial charge in [-0.15, -0.1) is 0 Å². The van der Waals surface area contributed by atoms with E-state index in [1.165, 1.54) is 64.2 Å². The lowest BCUT2D eigenvalue weighted by molar-refractivity contribution is -0.870. The van der Waals surface area contributed by atoms with Gasteiger partial charge in [0.1, 0.15) is 19.8 Å². The predicted octanol–water partition coefficient (Wildman–Crippen LogP) is 6.95. The Balaban J connectivity index is 4.21. The number of hydrogen-bond acceptors (Lipinski definition) is 7. The molecule has 0 aliphatic carbocycles. The number of likely N-dealkylation sites (N-methyl/N-ethyl adjacent to an activating group) is 1. The number of ether oxygens (including phenoxy) is 2. The molecule has 232 valence electrons. The molecule has 0 amide bonds. The Labute approximate surface area is 238 Å². The summed E-state index contributed by atoms with van der Waals surface area (Å²) in [6.07, 6.45) is 17.0. The average Bonchev–Trinajstić information content (AvgIpc) is 2.86. The van der Waals surface area contributed by atoms with Gasteiger partial charge in [-0.2, -0.15) is 0 Å². The lowest BCUT2D eigenvalue weighted by Gasteiger charge is -2.24. The van der Waals surface area contributed by atoms with Gasteiger partial charge in [-0.3, -0.25) is 18.6 Å². The van der Waals surface area contributed by atoms with Gasteiger partial charge < -0.3 is 18.9 Å². The van der Waals surface area contributed by atoms with Crippen molar-refractivity contribution >= 4 is 19.8 Å². The molecule has 0 saturated heterocycles. The van der Waals surface area contributed by atoms with Crippen LogP contribution in [0.25, 0.3) is 0 Å². The molecule has 10 heteroatoms. The Morgan fingerprint density at radius 2 is 1.18 bits per heavy atom. The zero-order valence-electron chi connectivity index (χ0n) is 25.6. The molecule has 0 saturated carbocycles. The second-order valence-electron chi connectivity index (χ2n) is 11.5. The van der Waals surface area contributed by atoms with Gasteiger partial charge in [0.15, 0.2) is 6.10 Å². The summed E-state index contributed by atoms with van der Waals surface area (Å²) in [5, 5.41) is 0. The van der Waals surface area contributed by atoms with Crippen LogP contribution >= 0.6 is 7.82 Å². The number of carbonyl (C=O) groups excluding carboxylic acids is 2. The highest BCUT2D eigenvalue weighted by Gasteiger charge is 2.26. The smallest absolute Gasteiger partial charge is 0.462 e. The maximum Gasteiger partial charge on any atom is 0.472 e. The van der Waals surface area contributed by atoms with Crippen LogP contribution in [0, 0.1) is 0 Å². The molecule has 9 nitrogen and oxygen atoms in total. The molecule has 0 radical (unpaired) electrons. The van der Waals surface area contributed by atoms with Crippen LogP contribution in [-0.4, -0.2) is 74.9 Å². The molecule has 0 bridgehead atoms. The molecular formula is C29H59NO8P+. The molecule has 1 unspecified atom stereocenters. The van der Waals surface area contributed by atoms with Gasteiger partial charge in [-0.25, -0.2) is 4.57 Å². The molecule has 0 heterocycles. The summed E-state index contributed by atoms with van der Waals surface area (Å²) in [5.41, 5.74) is 0. The van der Waals surface area contributed by atoms with Crippen LogP contribution < -0.4 is 0 Å². The molecule has 0 spiro atoms. The predicted molar refractivity (Wildman–Crippen MR) is 155 cm³/mol. The van der Waals surface area contributed by atoms with Crippen LogP contribution in [0.2, 0.25) is 0 Å². The Hall–Kier alpha value is -0.990. The normalized spacial score (nSPS) is 14.1. The maximum atomic E-state index is 12.2. The van der Waals surface area contributed by atoms with Crippen molar-refractivity contribution in [2.75, 3.05) is 47.5 Å². The van der Waals surface area contributed by atoms with E-state index in [0.29, 0.717) is 23.9 Å². The minimum Gasteiger partial charge on any atom is -0.462 e. The molecule has 0 aliphatic heterocycles. The molecule has 0 aromatic heterocycles. The SMILES string of the molecule is CCCCCCCCCCCCCCCC(=O)OC[C@H](COP(=O)(O)OCC[N+](C)(C)C)OC(=O)CCCC. The quantitative estimate of drug-likeness (QED) is 0.0481. The van der Waals surface area contributed by atoms with Gasteiger partial charge >= 0.3 is 19.8 Å². The number of nitrogens with zero attached hydrogens (tertiary/aromatic N) is 1. The fourth-order valence-corrected chi connectivity index (χ4v) is 4.61. The molecular weight excluding hydrogens is 521 g/mol. The average molecular weight is 581 g/mol. The topological polar surface area (TPSA) is 108 Å². The molecule has 0 aromatic rings. The largest absolute Gasteiger partial charge is 0.472 e. The van der Waals surface area contributed by atoms with E-state index >= 15 is 0 Å². The summed E-state index contributed by atoms with van der Waals surface area (Å²) in [4.78, 5) is 34.3. The number of unbranched alkanes of at least 4 members (excludes halogenated alkanes) is 13. The standard InChI is InChI=1S/C29H58NO8P/c1-6-8-10-11-12-13-14-15-16-17-18-19-20-22-28(31)35-25-27(38-29(32)21-9-7-2)26-37-39(33,34)36-24-23-30(3,4)5/h27H,6-26H2,1-5H3/p+1/t27-/m1/s1. The first-order valence-corrected chi connectivity index (χ1v) is 16.8. The van der Waals surface area contributed by atoms with E-state index in [-0.39, 0.29) is 25.6 Å². The van der Waals surface area contributed by atoms with E-state index in [0.717, 1.165) is 25.7 Å². The summed E-state index contributed by atoms with van der Waals surface area (Å²) in [6.45, 7) is 4.12. The molecule has 0 rings (SSSR count). The highest BCUT2D eigenvalue weighted by Crippen LogP contribution is 2.43. The zero-order valence-corrected chi connectivity index (χ0v) is 26.5. The minimum absolute atomic E-state index is 0.0341. The van der Waals surface area contributed by atoms with Crippen molar-refractivity contribution in [3.63, 3.8) is 0 Å². The third-order valence-corrected chi connectivity index (χ3v) is 7.37. The number of quaternary nitrogens is 1. The van der Waals surface area contributed by atoms with Crippen molar-refractivity contribution in [3.05, 3.63) is 0 Å². The van der Waals surface area contributed by atoms with Gasteiger partial charge in [0, 0.05) is 12.8 Å². The van der Waals surface area contributed by atoms with Gasteiger partial charge in [0.05, 0.1) is 27.7 Å². The second-order valence-corrected chi connectivity index (χ2v) is 13.0. The monoisotopic (exact) mass is 580 g/mol. The molecule has 0 aliphatic rings. The number of carbonyl (C=O) groups is 2. The Morgan fingerprint density at radius 3 is 1.69 bits per heavy atom. The molecule has 1 N–H and O–H groups in total. The molecule has 39 heavy (non-hydrogen) atoms. The fourth-order valence-electron chi connectivity index (χ4n) is 3.87. The Bertz CT molecular complexity index is 668. The highest BCUT2D eigenvalue weighted by molar-refractivity contribution is 7.47. The van der Waals surface area contributed by atoms with Crippen molar-refractivity contribution < 1.29 is 42.1 Å². The second kappa shape index (κ2) is 23.7. The van der Waals surface area contributed by atoms with Crippen LogP contribution in [-0.2, 0) is 32.7 Å². The van der Waals surface area contributed by atoms with Crippen LogP contribution in [0.5, 0.6) is 0 Å². The number of hydrogen-bond donors (Lipinski definition) is 1. The minimum atomic E-state index is -4.33. The lowest BCUT2D eigenvalue weighted by atomic mass is 10.0. The Kier molecular flexibility index (Phi) is 23.1. The first kappa shape index (κ1) is 38.0. The van der Waals surface area contributed by atoms with Gasteiger partial charge in [-0.1, -0.05) is 97.3 Å². The molecule has 0 fully saturated rings. The van der Waals surface area contributed by atoms with Gasteiger partial charge in [0.2, 0.25) is 0 Å². The van der Waals surface area contributed by atoms with E-state index < -0.39 is 26.5 Å². The lowest BCUT2D eigenvalue weighted by Crippen LogP contribution is -2.37. The zero-order chi connectivity index (χ0) is 29.4. The first-order valence-electron chi connectivity index (χ1n) is 15.3. The third kappa shape index (κ3) is 27.0. The van der Waals surface area contributed by atoms with E-state index in [9.17, 15) is 19.0 Å². The van der Waals surface area contributed by atoms with E-state index in [1.807, 2.05) is 28.1 Å². The van der Waals surface area contributed by atoms with Crippen LogP contribution in [0.1, 0.15) is 123 Å². The van der Waals surface area contributed by atoms with E-state index in [4.69, 9.17) is 18.5 Å². The molecule has 2 atom stereocenters. The van der Waals surface area contributed by atoms with Crippen molar-refractivity contribution in [1.29, 1.82) is 0 Å². The number of esters is 2. The van der Waals surface area contributed by atoms with E-state index in [1.54, 1.807) is 0 Å². The maximum absolute atomic E-state index is 12.2. The van der Waals surface area contributed by atoms with Gasteiger partial charge in [0.25, 0.3) is 0 Å². The van der Waals surface area contributed by atoms with Gasteiger partial charge in [-0.05, 0) is 12.8 Å². The molecule has 0 aromatic carbocycles.